The molecule has 7 nitrogen and oxygen atoms in total. The van der Waals surface area contributed by atoms with Crippen LogP contribution < -0.4 is 16.8 Å². The molecular formula is C19H23N5O2. The highest BCUT2D eigenvalue weighted by atomic mass is 16.3. The fourth-order valence-corrected chi connectivity index (χ4v) is 2.79. The van der Waals surface area contributed by atoms with E-state index in [4.69, 9.17) is 15.9 Å². The highest BCUT2D eigenvalue weighted by molar-refractivity contribution is 5.94. The lowest BCUT2D eigenvalue weighted by Crippen LogP contribution is -2.24. The number of hydrogen-bond donors (Lipinski definition) is 3. The van der Waals surface area contributed by atoms with Crippen molar-refractivity contribution in [2.24, 2.45) is 11.5 Å². The first-order valence-electron chi connectivity index (χ1n) is 8.58. The van der Waals surface area contributed by atoms with E-state index in [1.54, 1.807) is 24.3 Å². The van der Waals surface area contributed by atoms with E-state index in [-0.39, 0.29) is 12.5 Å². The summed E-state index contributed by atoms with van der Waals surface area (Å²) in [6.07, 6.45) is 8.92. The third kappa shape index (κ3) is 4.44. The van der Waals surface area contributed by atoms with Gasteiger partial charge in [-0.05, 0) is 42.7 Å². The molecule has 3 rings (SSSR count). The Morgan fingerprint density at radius 1 is 1.23 bits per heavy atom. The van der Waals surface area contributed by atoms with E-state index < -0.39 is 0 Å². The Balaban J connectivity index is 1.66. The Morgan fingerprint density at radius 2 is 2.00 bits per heavy atom. The molecule has 2 aromatic rings. The van der Waals surface area contributed by atoms with Gasteiger partial charge in [0.05, 0.1) is 18.6 Å². The predicted octanol–water partition coefficient (Wildman–Crippen LogP) is 1.80. The molecule has 2 heterocycles. The van der Waals surface area contributed by atoms with Gasteiger partial charge in [-0.25, -0.2) is 4.98 Å². The number of benzene rings is 1. The molecule has 1 fully saturated rings. The van der Waals surface area contributed by atoms with Crippen LogP contribution in [0.5, 0.6) is 0 Å². The number of carbonyl (C=O) groups excluding carboxylic acids is 1. The maximum absolute atomic E-state index is 12.3. The normalized spacial score (nSPS) is 15.3. The molecule has 1 aromatic heterocycles. The van der Waals surface area contributed by atoms with Gasteiger partial charge in [0.25, 0.3) is 5.91 Å². The predicted molar refractivity (Wildman–Crippen MR) is 99.4 cm³/mol. The second kappa shape index (κ2) is 8.24. The largest absolute Gasteiger partial charge is 0.447 e. The summed E-state index contributed by atoms with van der Waals surface area (Å²) in [6, 6.07) is 7.13. The number of nitrogens with one attached hydrogen (secondary N) is 1. The zero-order chi connectivity index (χ0) is 18.4. The van der Waals surface area contributed by atoms with Gasteiger partial charge in [-0.1, -0.05) is 12.1 Å². The summed E-state index contributed by atoms with van der Waals surface area (Å²) >= 11 is 0. The van der Waals surface area contributed by atoms with Gasteiger partial charge < -0.3 is 26.1 Å². The molecule has 0 spiro atoms. The third-order valence-corrected chi connectivity index (χ3v) is 4.25. The molecule has 0 aliphatic carbocycles. The van der Waals surface area contributed by atoms with E-state index in [9.17, 15) is 4.79 Å². The quantitative estimate of drug-likeness (QED) is 0.683. The molecule has 1 aliphatic heterocycles. The first-order valence-corrected chi connectivity index (χ1v) is 8.58. The van der Waals surface area contributed by atoms with Crippen LogP contribution in [-0.4, -0.2) is 28.9 Å². The summed E-state index contributed by atoms with van der Waals surface area (Å²) < 4.78 is 5.10. The van der Waals surface area contributed by atoms with Crippen LogP contribution in [0.2, 0.25) is 0 Å². The maximum atomic E-state index is 12.3. The van der Waals surface area contributed by atoms with Gasteiger partial charge in [0.1, 0.15) is 6.26 Å². The Labute approximate surface area is 152 Å². The van der Waals surface area contributed by atoms with E-state index in [0.29, 0.717) is 23.0 Å². The lowest BCUT2D eigenvalue weighted by molar-refractivity contribution is 0.0947. The number of oxazole rings is 1. The number of likely N-dealkylation sites (tertiary alicyclic amines) is 1. The van der Waals surface area contributed by atoms with E-state index in [2.05, 4.69) is 15.2 Å². The average Bonchev–Trinajstić information content (AvgIpc) is 3.37. The van der Waals surface area contributed by atoms with Gasteiger partial charge in [0, 0.05) is 24.4 Å². The molecule has 0 saturated carbocycles. The Bertz CT molecular complexity index is 805. The number of nitrogens with zero attached hydrogens (tertiary/aromatic N) is 2. The zero-order valence-corrected chi connectivity index (χ0v) is 14.5. The summed E-state index contributed by atoms with van der Waals surface area (Å²) in [7, 11) is 0. The molecule has 7 heteroatoms. The number of allylic oxidation sites excluding steroid dienone is 2. The highest BCUT2D eigenvalue weighted by Crippen LogP contribution is 2.14. The van der Waals surface area contributed by atoms with E-state index >= 15 is 0 Å². The van der Waals surface area contributed by atoms with Crippen LogP contribution in [0, 0.1) is 0 Å². The lowest BCUT2D eigenvalue weighted by atomic mass is 10.1. The van der Waals surface area contributed by atoms with Crippen molar-refractivity contribution >= 4 is 11.6 Å². The van der Waals surface area contributed by atoms with Crippen molar-refractivity contribution in [3.05, 3.63) is 71.7 Å². The molecule has 0 unspecified atom stereocenters. The average molecular weight is 353 g/mol. The van der Waals surface area contributed by atoms with Crippen molar-refractivity contribution < 1.29 is 9.21 Å². The third-order valence-electron chi connectivity index (χ3n) is 4.25. The molecule has 1 saturated heterocycles. The molecule has 1 amide bonds. The minimum atomic E-state index is -0.218. The zero-order valence-electron chi connectivity index (χ0n) is 14.5. The van der Waals surface area contributed by atoms with Gasteiger partial charge in [-0.3, -0.25) is 4.79 Å². The first-order chi connectivity index (χ1) is 12.6. The number of hydrogen-bond acceptors (Lipinski definition) is 6. The number of nitrogens with two attached hydrogens (primary N) is 2. The second-order valence-corrected chi connectivity index (χ2v) is 6.10. The van der Waals surface area contributed by atoms with Crippen LogP contribution in [0.15, 0.2) is 59.1 Å². The van der Waals surface area contributed by atoms with Crippen molar-refractivity contribution in [1.29, 1.82) is 0 Å². The number of aromatic nitrogens is 1. The van der Waals surface area contributed by atoms with Gasteiger partial charge in [0.2, 0.25) is 5.89 Å². The first kappa shape index (κ1) is 17.6. The number of rotatable bonds is 6. The molecular weight excluding hydrogens is 330 g/mol. The molecule has 26 heavy (non-hydrogen) atoms. The van der Waals surface area contributed by atoms with Crippen molar-refractivity contribution in [2.75, 3.05) is 13.1 Å². The fourth-order valence-electron chi connectivity index (χ4n) is 2.79. The van der Waals surface area contributed by atoms with Crippen LogP contribution >= 0.6 is 0 Å². The Morgan fingerprint density at radius 3 is 2.73 bits per heavy atom. The van der Waals surface area contributed by atoms with Crippen LogP contribution in [0.4, 0.5) is 0 Å². The summed E-state index contributed by atoms with van der Waals surface area (Å²) in [5.74, 6) is 0.951. The summed E-state index contributed by atoms with van der Waals surface area (Å²) in [6.45, 7) is 2.20. The lowest BCUT2D eigenvalue weighted by Gasteiger charge is -2.16. The second-order valence-electron chi connectivity index (χ2n) is 6.10. The smallest absolute Gasteiger partial charge is 0.251 e. The van der Waals surface area contributed by atoms with E-state index in [1.165, 1.54) is 25.3 Å². The Hall–Kier alpha value is -3.22. The summed E-state index contributed by atoms with van der Waals surface area (Å²) in [5.41, 5.74) is 14.1. The summed E-state index contributed by atoms with van der Waals surface area (Å²) in [5, 5.41) is 2.76. The van der Waals surface area contributed by atoms with Crippen molar-refractivity contribution in [2.45, 2.75) is 19.4 Å². The van der Waals surface area contributed by atoms with Gasteiger partial charge >= 0.3 is 0 Å². The van der Waals surface area contributed by atoms with Gasteiger partial charge in [0.15, 0.2) is 0 Å². The molecule has 1 aromatic carbocycles. The van der Waals surface area contributed by atoms with Crippen molar-refractivity contribution in [1.82, 2.24) is 15.2 Å². The van der Waals surface area contributed by atoms with Gasteiger partial charge in [-0.2, -0.15) is 0 Å². The standard InChI is InChI=1S/C19H23N5O2/c20-16(6-7-17(21)24-9-1-2-10-24)14-4-3-5-15(12-14)19(25)23-13-18-22-8-11-26-18/h3-8,11-12H,1-2,9-10,13,20-21H2,(H,23,25)/b16-6-,17-7+. The van der Waals surface area contributed by atoms with Crippen molar-refractivity contribution in [3.63, 3.8) is 0 Å². The van der Waals surface area contributed by atoms with Crippen LogP contribution in [-0.2, 0) is 6.54 Å². The molecule has 0 radical (unpaired) electrons. The Kier molecular flexibility index (Phi) is 5.58. The van der Waals surface area contributed by atoms with Crippen molar-refractivity contribution in [3.8, 4) is 0 Å². The van der Waals surface area contributed by atoms with Crippen LogP contribution in [0.1, 0.15) is 34.7 Å². The number of amides is 1. The van der Waals surface area contributed by atoms with Crippen LogP contribution in [0.25, 0.3) is 5.70 Å². The molecule has 5 N–H and O–H groups in total. The SMILES string of the molecule is N/C(=C\C=C(/N)N1CCCC1)c1cccc(C(=O)NCc2ncco2)c1. The monoisotopic (exact) mass is 353 g/mol. The summed E-state index contributed by atoms with van der Waals surface area (Å²) in [4.78, 5) is 18.4. The highest BCUT2D eigenvalue weighted by Gasteiger charge is 2.12. The number of carbonyl (C=O) groups is 1. The maximum Gasteiger partial charge on any atom is 0.251 e. The van der Waals surface area contributed by atoms with Gasteiger partial charge in [-0.15, -0.1) is 0 Å². The van der Waals surface area contributed by atoms with Crippen LogP contribution in [0.3, 0.4) is 0 Å². The molecule has 1 aliphatic rings. The van der Waals surface area contributed by atoms with E-state index in [0.717, 1.165) is 18.7 Å². The minimum absolute atomic E-state index is 0.218. The minimum Gasteiger partial charge on any atom is -0.447 e. The fraction of sp³-hybridized carbons (Fsp3) is 0.263. The topological polar surface area (TPSA) is 110 Å². The molecule has 0 atom stereocenters. The molecule has 136 valence electrons. The van der Waals surface area contributed by atoms with E-state index in [1.807, 2.05) is 12.1 Å². The molecule has 0 bridgehead atoms.